The van der Waals surface area contributed by atoms with Gasteiger partial charge in [-0.15, -0.1) is 15.3 Å². The van der Waals surface area contributed by atoms with Gasteiger partial charge in [0.05, 0.1) is 6.04 Å². The molecule has 1 fully saturated rings. The summed E-state index contributed by atoms with van der Waals surface area (Å²) in [6, 6.07) is 4.40. The number of hydrogen-bond acceptors (Lipinski definition) is 7. The first-order valence-corrected chi connectivity index (χ1v) is 11.7. The van der Waals surface area contributed by atoms with Gasteiger partial charge < -0.3 is 4.74 Å². The minimum Gasteiger partial charge on any atom is -0.444 e. The molecule has 0 unspecified atom stereocenters. The molecule has 1 aliphatic heterocycles. The van der Waals surface area contributed by atoms with Gasteiger partial charge in [-0.05, 0) is 45.7 Å². The van der Waals surface area contributed by atoms with Crippen molar-refractivity contribution in [2.75, 3.05) is 6.54 Å². The lowest BCUT2D eigenvalue weighted by molar-refractivity contribution is 0.0217. The highest BCUT2D eigenvalue weighted by Crippen LogP contribution is 2.35. The van der Waals surface area contributed by atoms with Crippen LogP contribution in [0.2, 0.25) is 5.02 Å². The molecule has 0 aliphatic carbocycles. The predicted octanol–water partition coefficient (Wildman–Crippen LogP) is 5.34. The Morgan fingerprint density at radius 2 is 2.20 bits per heavy atom. The molecule has 1 saturated heterocycles. The lowest BCUT2D eigenvalue weighted by Crippen LogP contribution is -2.37. The van der Waals surface area contributed by atoms with E-state index in [2.05, 4.69) is 15.3 Å². The molecule has 0 bridgehead atoms. The van der Waals surface area contributed by atoms with Gasteiger partial charge in [0.25, 0.3) is 0 Å². The summed E-state index contributed by atoms with van der Waals surface area (Å²) < 4.78 is 21.9. The summed E-state index contributed by atoms with van der Waals surface area (Å²) in [5.41, 5.74) is -0.120. The number of carbonyl (C=O) groups is 1. The zero-order valence-electron chi connectivity index (χ0n) is 16.8. The second-order valence-electron chi connectivity index (χ2n) is 7.94. The molecule has 3 aromatic rings. The van der Waals surface area contributed by atoms with Crippen LogP contribution in [0.4, 0.5) is 9.18 Å². The first kappa shape index (κ1) is 21.3. The number of amides is 1. The lowest BCUT2D eigenvalue weighted by atomic mass is 10.2. The van der Waals surface area contributed by atoms with Crippen molar-refractivity contribution in [1.29, 1.82) is 0 Å². The van der Waals surface area contributed by atoms with Crippen molar-refractivity contribution in [2.24, 2.45) is 0 Å². The van der Waals surface area contributed by atoms with Crippen LogP contribution in [0.1, 0.15) is 51.0 Å². The fourth-order valence-electron chi connectivity index (χ4n) is 3.26. The van der Waals surface area contributed by atoms with E-state index in [0.717, 1.165) is 17.2 Å². The van der Waals surface area contributed by atoms with E-state index in [1.165, 1.54) is 29.2 Å². The molecule has 2 aromatic heterocycles. The number of fused-ring (bicyclic) bond motifs is 1. The summed E-state index contributed by atoms with van der Waals surface area (Å²) in [4.78, 5) is 14.9. The minimum absolute atomic E-state index is 0.240. The molecule has 1 aromatic carbocycles. The van der Waals surface area contributed by atoms with Crippen LogP contribution < -0.4 is 0 Å². The Balaban J connectivity index is 1.53. The Labute approximate surface area is 186 Å². The summed E-state index contributed by atoms with van der Waals surface area (Å²) in [6.45, 7) is 6.14. The average molecular weight is 470 g/mol. The highest BCUT2D eigenvalue weighted by atomic mass is 35.5. The number of likely N-dealkylation sites (tertiary alicyclic amines) is 1. The number of hydrogen-bond donors (Lipinski definition) is 0. The standard InChI is InChI=1S/C19H21ClFN5O2S2/c1-19(2,3)28-18(27)25-9-5-8-14(25)15-22-23-16-26(15)24-17(30-16)29-10-11-12(20)6-4-7-13(11)21/h4,6-7,14H,5,8-10H2,1-3H3/t14-/m1/s1. The molecule has 0 spiro atoms. The molecule has 1 amide bonds. The molecule has 0 saturated carbocycles. The Kier molecular flexibility index (Phi) is 5.91. The summed E-state index contributed by atoms with van der Waals surface area (Å²) in [6.07, 6.45) is 1.27. The first-order valence-electron chi connectivity index (χ1n) is 9.50. The van der Waals surface area contributed by atoms with Crippen molar-refractivity contribution in [1.82, 2.24) is 24.7 Å². The normalized spacial score (nSPS) is 17.1. The van der Waals surface area contributed by atoms with Gasteiger partial charge >= 0.3 is 6.09 Å². The van der Waals surface area contributed by atoms with Gasteiger partial charge in [-0.25, -0.2) is 9.18 Å². The van der Waals surface area contributed by atoms with Crippen LogP contribution in [0.3, 0.4) is 0 Å². The molecule has 4 rings (SSSR count). The molecular formula is C19H21ClFN5O2S2. The second-order valence-corrected chi connectivity index (χ2v) is 10.5. The van der Waals surface area contributed by atoms with Crippen LogP contribution >= 0.6 is 34.7 Å². The minimum atomic E-state index is -0.567. The van der Waals surface area contributed by atoms with E-state index >= 15 is 0 Å². The summed E-state index contributed by atoms with van der Waals surface area (Å²) in [5.74, 6) is 0.635. The number of rotatable bonds is 4. The third kappa shape index (κ3) is 4.40. The van der Waals surface area contributed by atoms with Crippen LogP contribution in [-0.4, -0.2) is 43.0 Å². The zero-order chi connectivity index (χ0) is 21.5. The number of ether oxygens (including phenoxy) is 1. The van der Waals surface area contributed by atoms with E-state index in [4.69, 9.17) is 16.3 Å². The predicted molar refractivity (Wildman–Crippen MR) is 115 cm³/mol. The second kappa shape index (κ2) is 8.32. The van der Waals surface area contributed by atoms with Gasteiger partial charge in [-0.2, -0.15) is 4.52 Å². The summed E-state index contributed by atoms with van der Waals surface area (Å²) in [7, 11) is 0. The van der Waals surface area contributed by atoms with Crippen LogP contribution in [0.15, 0.2) is 22.5 Å². The monoisotopic (exact) mass is 469 g/mol. The molecule has 160 valence electrons. The number of benzene rings is 1. The van der Waals surface area contributed by atoms with Crippen LogP contribution in [-0.2, 0) is 10.5 Å². The smallest absolute Gasteiger partial charge is 0.410 e. The fourth-order valence-corrected chi connectivity index (χ4v) is 5.49. The fraction of sp³-hybridized carbons (Fsp3) is 0.474. The van der Waals surface area contributed by atoms with E-state index in [9.17, 15) is 9.18 Å². The van der Waals surface area contributed by atoms with Crippen molar-refractivity contribution in [2.45, 2.75) is 55.3 Å². The van der Waals surface area contributed by atoms with Crippen LogP contribution in [0, 0.1) is 5.82 Å². The third-order valence-electron chi connectivity index (χ3n) is 4.58. The molecule has 1 atom stereocenters. The van der Waals surface area contributed by atoms with Gasteiger partial charge in [-0.1, -0.05) is 40.8 Å². The molecule has 3 heterocycles. The first-order chi connectivity index (χ1) is 14.2. The van der Waals surface area contributed by atoms with Crippen molar-refractivity contribution in [3.63, 3.8) is 0 Å². The van der Waals surface area contributed by atoms with Crippen LogP contribution in [0.25, 0.3) is 4.96 Å². The van der Waals surface area contributed by atoms with E-state index in [1.54, 1.807) is 21.5 Å². The highest BCUT2D eigenvalue weighted by molar-refractivity contribution is 8.00. The Morgan fingerprint density at radius 3 is 2.93 bits per heavy atom. The van der Waals surface area contributed by atoms with Gasteiger partial charge in [0.15, 0.2) is 10.2 Å². The van der Waals surface area contributed by atoms with Crippen molar-refractivity contribution in [3.8, 4) is 0 Å². The maximum atomic E-state index is 14.0. The number of halogens is 2. The number of aromatic nitrogens is 4. The van der Waals surface area contributed by atoms with Crippen LogP contribution in [0.5, 0.6) is 0 Å². The number of nitrogens with zero attached hydrogens (tertiary/aromatic N) is 5. The van der Waals surface area contributed by atoms with Gasteiger partial charge in [0.2, 0.25) is 4.96 Å². The highest BCUT2D eigenvalue weighted by Gasteiger charge is 2.36. The maximum absolute atomic E-state index is 14.0. The lowest BCUT2D eigenvalue weighted by Gasteiger charge is -2.27. The van der Waals surface area contributed by atoms with E-state index < -0.39 is 5.60 Å². The Morgan fingerprint density at radius 1 is 1.40 bits per heavy atom. The SMILES string of the molecule is CC(C)(C)OC(=O)N1CCC[C@@H]1c1nnc2sc(SCc3c(F)cccc3Cl)nn12. The molecule has 0 radical (unpaired) electrons. The Hall–Kier alpha value is -1.91. The summed E-state index contributed by atoms with van der Waals surface area (Å²) >= 11 is 8.86. The van der Waals surface area contributed by atoms with E-state index in [-0.39, 0.29) is 18.0 Å². The maximum Gasteiger partial charge on any atom is 0.410 e. The molecule has 1 aliphatic rings. The molecule has 0 N–H and O–H groups in total. The largest absolute Gasteiger partial charge is 0.444 e. The molecule has 11 heteroatoms. The van der Waals surface area contributed by atoms with Crippen molar-refractivity contribution in [3.05, 3.63) is 40.4 Å². The quantitative estimate of drug-likeness (QED) is 0.480. The van der Waals surface area contributed by atoms with Crippen molar-refractivity contribution < 1.29 is 13.9 Å². The average Bonchev–Trinajstić information content (AvgIpc) is 3.34. The van der Waals surface area contributed by atoms with Gasteiger partial charge in [0, 0.05) is 22.9 Å². The van der Waals surface area contributed by atoms with Gasteiger partial charge in [-0.3, -0.25) is 4.90 Å². The summed E-state index contributed by atoms with van der Waals surface area (Å²) in [5, 5.41) is 13.5. The topological polar surface area (TPSA) is 72.6 Å². The number of carbonyl (C=O) groups excluding carboxylic acids is 1. The van der Waals surface area contributed by atoms with E-state index in [0.29, 0.717) is 33.7 Å². The molecule has 30 heavy (non-hydrogen) atoms. The van der Waals surface area contributed by atoms with Crippen molar-refractivity contribution >= 4 is 45.8 Å². The molecule has 7 nitrogen and oxygen atoms in total. The Bertz CT molecular complexity index is 1060. The third-order valence-corrected chi connectivity index (χ3v) is 6.99. The van der Waals surface area contributed by atoms with Gasteiger partial charge in [0.1, 0.15) is 11.4 Å². The molecular weight excluding hydrogens is 449 g/mol. The van der Waals surface area contributed by atoms with E-state index in [1.807, 2.05) is 20.8 Å². The zero-order valence-corrected chi connectivity index (χ0v) is 19.2. The number of thioether (sulfide) groups is 1.